The molecule has 2 heterocycles. The highest BCUT2D eigenvalue weighted by Gasteiger charge is 2.40. The number of hydrogen-bond acceptors (Lipinski definition) is 3. The molecule has 0 unspecified atom stereocenters. The van der Waals surface area contributed by atoms with Gasteiger partial charge in [-0.15, -0.1) is 17.0 Å². The van der Waals surface area contributed by atoms with E-state index in [1.165, 1.54) is 43.5 Å². The van der Waals surface area contributed by atoms with Crippen LogP contribution in [0.1, 0.15) is 43.2 Å². The van der Waals surface area contributed by atoms with E-state index in [4.69, 9.17) is 9.47 Å². The zero-order chi connectivity index (χ0) is 12.8. The molecule has 110 valence electrons. The third-order valence-electron chi connectivity index (χ3n) is 4.94. The zero-order valence-electron chi connectivity index (χ0n) is 11.9. The van der Waals surface area contributed by atoms with Gasteiger partial charge >= 0.3 is 0 Å². The maximum atomic E-state index is 5.68. The molecule has 0 radical (unpaired) electrons. The second-order valence-corrected chi connectivity index (χ2v) is 5.90. The van der Waals surface area contributed by atoms with Crippen molar-refractivity contribution in [1.82, 2.24) is 4.90 Å². The Labute approximate surface area is 131 Å². The van der Waals surface area contributed by atoms with Gasteiger partial charge in [0.25, 0.3) is 0 Å². The standard InChI is InChI=1S/C16H21NO2.BrH/c1-2-8-17-9-7-12-11-4-6-15-16(19-10-18-15)13(11)3-5-14(12)17;/h4,6,12,14H,2-3,5,7-10H2,1H3;1H/t12-,14-;/m1./s1. The molecule has 1 fully saturated rings. The molecule has 2 atom stereocenters. The molecule has 1 aliphatic carbocycles. The Kier molecular flexibility index (Phi) is 3.95. The van der Waals surface area contributed by atoms with E-state index < -0.39 is 0 Å². The molecule has 3 nitrogen and oxygen atoms in total. The van der Waals surface area contributed by atoms with Gasteiger partial charge in [0.2, 0.25) is 6.79 Å². The average molecular weight is 340 g/mol. The van der Waals surface area contributed by atoms with Crippen LogP contribution in [0.25, 0.3) is 0 Å². The fraction of sp³-hybridized carbons (Fsp3) is 0.625. The normalized spacial score (nSPS) is 26.9. The van der Waals surface area contributed by atoms with Gasteiger partial charge in [0.05, 0.1) is 0 Å². The van der Waals surface area contributed by atoms with Crippen molar-refractivity contribution in [2.75, 3.05) is 19.9 Å². The number of rotatable bonds is 2. The van der Waals surface area contributed by atoms with Gasteiger partial charge in [-0.25, -0.2) is 0 Å². The van der Waals surface area contributed by atoms with E-state index in [0.717, 1.165) is 24.0 Å². The molecule has 3 aliphatic rings. The minimum atomic E-state index is 0. The van der Waals surface area contributed by atoms with Crippen molar-refractivity contribution in [2.45, 2.75) is 44.6 Å². The molecule has 4 rings (SSSR count). The number of benzene rings is 1. The minimum absolute atomic E-state index is 0. The van der Waals surface area contributed by atoms with E-state index in [0.29, 0.717) is 12.7 Å². The van der Waals surface area contributed by atoms with Crippen molar-refractivity contribution in [3.8, 4) is 11.5 Å². The number of likely N-dealkylation sites (tertiary alicyclic amines) is 1. The van der Waals surface area contributed by atoms with Crippen molar-refractivity contribution < 1.29 is 9.47 Å². The number of halogens is 1. The highest BCUT2D eigenvalue weighted by atomic mass is 79.9. The van der Waals surface area contributed by atoms with Gasteiger partial charge in [0, 0.05) is 17.5 Å². The van der Waals surface area contributed by atoms with Gasteiger partial charge in [0.15, 0.2) is 11.5 Å². The van der Waals surface area contributed by atoms with E-state index in [2.05, 4.69) is 24.0 Å². The maximum Gasteiger partial charge on any atom is 0.231 e. The van der Waals surface area contributed by atoms with Gasteiger partial charge in [-0.2, -0.15) is 0 Å². The Balaban J connectivity index is 0.00000121. The van der Waals surface area contributed by atoms with Crippen LogP contribution in [0.5, 0.6) is 11.5 Å². The first-order chi connectivity index (χ1) is 9.38. The maximum absolute atomic E-state index is 5.68. The fourth-order valence-electron chi connectivity index (χ4n) is 4.17. The van der Waals surface area contributed by atoms with Crippen molar-refractivity contribution in [3.63, 3.8) is 0 Å². The van der Waals surface area contributed by atoms with Crippen LogP contribution in [0.2, 0.25) is 0 Å². The molecule has 0 saturated carbocycles. The van der Waals surface area contributed by atoms with Gasteiger partial charge in [-0.05, 0) is 50.4 Å². The van der Waals surface area contributed by atoms with Crippen molar-refractivity contribution >= 4 is 17.0 Å². The first-order valence-corrected chi connectivity index (χ1v) is 7.54. The van der Waals surface area contributed by atoms with Gasteiger partial charge < -0.3 is 9.47 Å². The summed E-state index contributed by atoms with van der Waals surface area (Å²) in [5.41, 5.74) is 2.95. The molecule has 2 aliphatic heterocycles. The van der Waals surface area contributed by atoms with Crippen LogP contribution in [0.3, 0.4) is 0 Å². The number of ether oxygens (including phenoxy) is 2. The van der Waals surface area contributed by atoms with E-state index >= 15 is 0 Å². The van der Waals surface area contributed by atoms with Crippen molar-refractivity contribution in [1.29, 1.82) is 0 Å². The molecule has 4 heteroatoms. The third-order valence-corrected chi connectivity index (χ3v) is 4.94. The summed E-state index contributed by atoms with van der Waals surface area (Å²) in [7, 11) is 0. The molecule has 0 amide bonds. The molecular formula is C16H22BrNO2. The third kappa shape index (κ3) is 2.04. The molecule has 0 spiro atoms. The molecule has 0 N–H and O–H groups in total. The summed E-state index contributed by atoms with van der Waals surface area (Å²) in [6.07, 6.45) is 4.98. The topological polar surface area (TPSA) is 21.7 Å². The summed E-state index contributed by atoms with van der Waals surface area (Å²) in [5, 5.41) is 0. The Morgan fingerprint density at radius 2 is 2.15 bits per heavy atom. The average Bonchev–Trinajstić information content (AvgIpc) is 3.05. The quantitative estimate of drug-likeness (QED) is 0.822. The summed E-state index contributed by atoms with van der Waals surface area (Å²) in [4.78, 5) is 2.69. The molecule has 0 bridgehead atoms. The number of hydrogen-bond donors (Lipinski definition) is 0. The van der Waals surface area contributed by atoms with Gasteiger partial charge in [-0.3, -0.25) is 4.90 Å². The molecule has 1 saturated heterocycles. The summed E-state index contributed by atoms with van der Waals surface area (Å²) in [6.45, 7) is 5.18. The van der Waals surface area contributed by atoms with Crippen LogP contribution in [0.15, 0.2) is 12.1 Å². The monoisotopic (exact) mass is 339 g/mol. The van der Waals surface area contributed by atoms with Crippen molar-refractivity contribution in [2.24, 2.45) is 0 Å². The lowest BCUT2D eigenvalue weighted by molar-refractivity contribution is 0.172. The lowest BCUT2D eigenvalue weighted by Gasteiger charge is -2.33. The summed E-state index contributed by atoms with van der Waals surface area (Å²) in [5.74, 6) is 2.69. The van der Waals surface area contributed by atoms with Crippen LogP contribution >= 0.6 is 17.0 Å². The predicted octanol–water partition coefficient (Wildman–Crippen LogP) is 3.51. The van der Waals surface area contributed by atoms with E-state index in [-0.39, 0.29) is 17.0 Å². The lowest BCUT2D eigenvalue weighted by Crippen LogP contribution is -2.35. The van der Waals surface area contributed by atoms with Crippen LogP contribution in [-0.4, -0.2) is 30.8 Å². The SMILES string of the molecule is Br.CCCN1CC[C@@H]2c3ccc4c(c3CC[C@H]21)OCO4. The largest absolute Gasteiger partial charge is 0.454 e. The first-order valence-electron chi connectivity index (χ1n) is 7.54. The molecule has 20 heavy (non-hydrogen) atoms. The summed E-state index contributed by atoms with van der Waals surface area (Å²) < 4.78 is 11.2. The summed E-state index contributed by atoms with van der Waals surface area (Å²) in [6, 6.07) is 5.15. The lowest BCUT2D eigenvalue weighted by atomic mass is 9.79. The van der Waals surface area contributed by atoms with Crippen LogP contribution < -0.4 is 9.47 Å². The second kappa shape index (κ2) is 5.57. The number of fused-ring (bicyclic) bond motifs is 5. The van der Waals surface area contributed by atoms with Crippen LogP contribution in [0.4, 0.5) is 0 Å². The summed E-state index contributed by atoms with van der Waals surface area (Å²) >= 11 is 0. The fourth-order valence-corrected chi connectivity index (χ4v) is 4.17. The van der Waals surface area contributed by atoms with E-state index in [9.17, 15) is 0 Å². The predicted molar refractivity (Wildman–Crippen MR) is 84.2 cm³/mol. The first kappa shape index (κ1) is 14.2. The Morgan fingerprint density at radius 3 is 3.00 bits per heavy atom. The smallest absolute Gasteiger partial charge is 0.231 e. The molecule has 1 aromatic carbocycles. The molecular weight excluding hydrogens is 318 g/mol. The Bertz CT molecular complexity index is 505. The van der Waals surface area contributed by atoms with Crippen LogP contribution in [-0.2, 0) is 6.42 Å². The Morgan fingerprint density at radius 1 is 1.25 bits per heavy atom. The number of nitrogens with zero attached hydrogens (tertiary/aromatic N) is 1. The highest BCUT2D eigenvalue weighted by Crippen LogP contribution is 2.48. The second-order valence-electron chi connectivity index (χ2n) is 5.90. The highest BCUT2D eigenvalue weighted by molar-refractivity contribution is 8.93. The molecule has 0 aromatic heterocycles. The van der Waals surface area contributed by atoms with Crippen molar-refractivity contribution in [3.05, 3.63) is 23.3 Å². The zero-order valence-corrected chi connectivity index (χ0v) is 13.6. The van der Waals surface area contributed by atoms with E-state index in [1.54, 1.807) is 0 Å². The van der Waals surface area contributed by atoms with Gasteiger partial charge in [0.1, 0.15) is 0 Å². The Hall–Kier alpha value is -0.740. The van der Waals surface area contributed by atoms with Gasteiger partial charge in [-0.1, -0.05) is 13.0 Å². The molecule has 1 aromatic rings. The minimum Gasteiger partial charge on any atom is -0.454 e. The van der Waals surface area contributed by atoms with Crippen LogP contribution in [0, 0.1) is 0 Å². The van der Waals surface area contributed by atoms with E-state index in [1.807, 2.05) is 0 Å².